The average Bonchev–Trinajstić information content (AvgIpc) is 1.57. The fourth-order valence-electron chi connectivity index (χ4n) is 22.5. The first-order chi connectivity index (χ1) is 72.0. The summed E-state index contributed by atoms with van der Waals surface area (Å²) in [5.41, 5.74) is 28.9. The minimum atomic E-state index is -0.130. The molecule has 3 aliphatic carbocycles. The SMILES string of the molecule is CC1(C)c2ccccc2-c2c(-c3nc(-c4ccc(-c5cc6ccccc6s5)cc4)nc(-c4ccc5c(c4)oc4ccccc45)n3)cccc21.CC1(C)c2ccccc2-c2c(-c3nc(-c4ccc(-c5cc6ccccc6s5)cc4)nc(-c4ccc5c(c4)sc4ccccc45)n3)cccc21.CC1(C)c2ccccc2-c2c(-c3nc(-c4ccc(-c5cc6ccccc6s5)cc4)nc(-c4cccc5c4sc4ccccc45)n3)cccc21. The maximum absolute atomic E-state index is 6.27. The molecule has 18 aromatic carbocycles. The van der Waals surface area contributed by atoms with Crippen molar-refractivity contribution in [3.8, 4) is 167 Å². The molecule has 30 rings (SSSR count). The first-order valence-electron chi connectivity index (χ1n) is 49.6. The van der Waals surface area contributed by atoms with E-state index in [1.807, 2.05) is 63.5 Å². The standard InChI is InChI=1S/C44H29N3OS.2C44H29N3S2/c1-44(2)34-14-6-4-12-32(34)40-33(13-9-15-35(40)44)43-46-41(27-20-18-26(19-21-27)39-25-28-10-3-8-17-38(28)49-39)45-42(47-43)29-22-23-31-30-11-5-7-16-36(30)48-37(31)24-29;1-44(2)34-17-6-4-13-31(34)39-32(15-10-18-35(39)44)42-45-41(27-23-21-26(22-24-27)38-25-28-11-3-7-19-36(28)48-38)46-43(47-42)33-16-9-14-30-29-12-5-8-20-37(29)49-40(30)33;1-44(2)34-14-6-4-12-32(34)40-33(13-9-15-35(40)44)43-46-41(27-20-18-26(19-21-27)38-24-28-10-3-7-16-36(28)48-38)45-42(47-43)29-22-23-31-30-11-5-8-17-37(30)49-39(31)25-29/h3*3-25H,1-2H3. The van der Waals surface area contributed by atoms with E-state index < -0.39 is 0 Å². The molecule has 0 fully saturated rings. The van der Waals surface area contributed by atoms with Crippen LogP contribution in [0, 0.1) is 0 Å². The summed E-state index contributed by atoms with van der Waals surface area (Å²) in [6.45, 7) is 13.8. The molecule has 15 heteroatoms. The lowest BCUT2D eigenvalue weighted by molar-refractivity contribution is 0.660. The van der Waals surface area contributed by atoms with Crippen LogP contribution in [0.5, 0.6) is 0 Å². The van der Waals surface area contributed by atoms with Gasteiger partial charge in [-0.05, 0) is 178 Å². The van der Waals surface area contributed by atoms with E-state index in [1.165, 1.54) is 169 Å². The van der Waals surface area contributed by atoms with Crippen molar-refractivity contribution in [1.82, 2.24) is 44.9 Å². The highest BCUT2D eigenvalue weighted by atomic mass is 32.1. The highest BCUT2D eigenvalue weighted by Crippen LogP contribution is 2.57. The fourth-order valence-corrected chi connectivity index (χ4v) is 28.0. The Morgan fingerprint density at radius 2 is 0.456 bits per heavy atom. The largest absolute Gasteiger partial charge is 0.456 e. The Morgan fingerprint density at radius 3 is 0.891 bits per heavy atom. The van der Waals surface area contributed by atoms with E-state index in [-0.39, 0.29) is 16.2 Å². The number of benzene rings is 18. The number of hydrogen-bond acceptors (Lipinski definition) is 15. The molecule has 27 aromatic rings. The summed E-state index contributed by atoms with van der Waals surface area (Å²) in [7, 11) is 0. The number of nitrogens with zero attached hydrogens (tertiary/aromatic N) is 9. The van der Waals surface area contributed by atoms with Crippen molar-refractivity contribution in [3.63, 3.8) is 0 Å². The summed E-state index contributed by atoms with van der Waals surface area (Å²) < 4.78 is 15.1. The molecule has 0 N–H and O–H groups in total. The molecule has 10 nitrogen and oxygen atoms in total. The summed E-state index contributed by atoms with van der Waals surface area (Å²) >= 11 is 9.06. The second-order valence-corrected chi connectivity index (χ2v) is 45.1. The van der Waals surface area contributed by atoms with Gasteiger partial charge in [0.1, 0.15) is 11.2 Å². The van der Waals surface area contributed by atoms with Crippen molar-refractivity contribution in [1.29, 1.82) is 0 Å². The molecule has 147 heavy (non-hydrogen) atoms. The molecule has 0 saturated heterocycles. The Bertz CT molecular complexity index is 9590. The van der Waals surface area contributed by atoms with Gasteiger partial charge in [-0.25, -0.2) is 44.9 Å². The number of hydrogen-bond donors (Lipinski definition) is 0. The third-order valence-corrected chi connectivity index (χ3v) is 35.8. The quantitative estimate of drug-likeness (QED) is 0.117. The molecule has 0 amide bonds. The van der Waals surface area contributed by atoms with Crippen LogP contribution in [0.2, 0.25) is 0 Å². The maximum atomic E-state index is 6.27. The molecule has 0 unspecified atom stereocenters. The Labute approximate surface area is 868 Å². The van der Waals surface area contributed by atoms with Gasteiger partial charge in [0.2, 0.25) is 0 Å². The molecular formula is C132H87N9OS5. The summed E-state index contributed by atoms with van der Waals surface area (Å²) in [5, 5.41) is 11.0. The number of para-hydroxylation sites is 1. The molecule has 9 aromatic heterocycles. The molecule has 0 aliphatic heterocycles. The molecule has 0 radical (unpaired) electrons. The molecule has 0 spiro atoms. The highest BCUT2D eigenvalue weighted by Gasteiger charge is 2.41. The van der Waals surface area contributed by atoms with Crippen molar-refractivity contribution in [2.45, 2.75) is 57.8 Å². The van der Waals surface area contributed by atoms with Crippen LogP contribution < -0.4 is 0 Å². The van der Waals surface area contributed by atoms with Gasteiger partial charge in [-0.2, -0.15) is 0 Å². The average molecular weight is 1980 g/mol. The van der Waals surface area contributed by atoms with Crippen LogP contribution >= 0.6 is 56.7 Å². The van der Waals surface area contributed by atoms with Gasteiger partial charge < -0.3 is 4.42 Å². The number of thiophene rings is 5. The van der Waals surface area contributed by atoms with Gasteiger partial charge in [-0.3, -0.25) is 0 Å². The topological polar surface area (TPSA) is 129 Å². The van der Waals surface area contributed by atoms with Crippen LogP contribution in [0.15, 0.2) is 423 Å². The van der Waals surface area contributed by atoms with Crippen molar-refractivity contribution < 1.29 is 4.42 Å². The molecule has 0 bridgehead atoms. The van der Waals surface area contributed by atoms with Gasteiger partial charge in [-0.1, -0.05) is 381 Å². The normalized spacial score (nSPS) is 13.3. The molecule has 0 atom stereocenters. The maximum Gasteiger partial charge on any atom is 0.165 e. The Morgan fingerprint density at radius 1 is 0.177 bits per heavy atom. The molecular weight excluding hydrogens is 1890 g/mol. The van der Waals surface area contributed by atoms with Gasteiger partial charge in [0, 0.05) is 146 Å². The summed E-state index contributed by atoms with van der Waals surface area (Å²) in [6, 6.07) is 149. The van der Waals surface area contributed by atoms with Gasteiger partial charge in [0.15, 0.2) is 52.4 Å². The smallest absolute Gasteiger partial charge is 0.165 e. The van der Waals surface area contributed by atoms with E-state index in [0.717, 1.165) is 72.0 Å². The van der Waals surface area contributed by atoms with Crippen LogP contribution in [-0.2, 0) is 16.2 Å². The van der Waals surface area contributed by atoms with E-state index in [4.69, 9.17) is 49.3 Å². The van der Waals surface area contributed by atoms with E-state index >= 15 is 0 Å². The first kappa shape index (κ1) is 87.9. The Kier molecular flexibility index (Phi) is 20.7. The van der Waals surface area contributed by atoms with E-state index in [1.54, 1.807) is 11.3 Å². The Hall–Kier alpha value is -16.9. The van der Waals surface area contributed by atoms with Crippen LogP contribution in [0.25, 0.3) is 260 Å². The third kappa shape index (κ3) is 14.9. The molecule has 696 valence electrons. The van der Waals surface area contributed by atoms with E-state index in [0.29, 0.717) is 52.4 Å². The van der Waals surface area contributed by atoms with Gasteiger partial charge in [-0.15, -0.1) is 56.7 Å². The predicted molar refractivity (Wildman–Crippen MR) is 617 cm³/mol. The zero-order valence-corrected chi connectivity index (χ0v) is 84.9. The Balaban J connectivity index is 0.000000107. The number of aromatic nitrogens is 9. The molecule has 9 heterocycles. The lowest BCUT2D eigenvalue weighted by Gasteiger charge is -2.21. The summed E-state index contributed by atoms with van der Waals surface area (Å²) in [5.74, 6) is 5.99. The van der Waals surface area contributed by atoms with Gasteiger partial charge in [0.05, 0.1) is 0 Å². The highest BCUT2D eigenvalue weighted by molar-refractivity contribution is 7.26. The zero-order chi connectivity index (χ0) is 98.1. The first-order valence-corrected chi connectivity index (χ1v) is 53.7. The summed E-state index contributed by atoms with van der Waals surface area (Å²) in [4.78, 5) is 50.6. The zero-order valence-electron chi connectivity index (χ0n) is 80.8. The molecule has 3 aliphatic rings. The number of fused-ring (bicyclic) bond motifs is 21. The van der Waals surface area contributed by atoms with Crippen LogP contribution in [0.3, 0.4) is 0 Å². The monoisotopic (exact) mass is 1970 g/mol. The minimum Gasteiger partial charge on any atom is -0.456 e. The summed E-state index contributed by atoms with van der Waals surface area (Å²) in [6.07, 6.45) is 0. The lowest BCUT2D eigenvalue weighted by Crippen LogP contribution is -2.14. The van der Waals surface area contributed by atoms with Crippen molar-refractivity contribution in [3.05, 3.63) is 452 Å². The number of furan rings is 1. The number of rotatable bonds is 12. The van der Waals surface area contributed by atoms with Crippen molar-refractivity contribution in [2.24, 2.45) is 0 Å². The fraction of sp³-hybridized carbons (Fsp3) is 0.0682. The van der Waals surface area contributed by atoms with Crippen molar-refractivity contribution in [2.75, 3.05) is 0 Å². The second kappa shape index (κ2) is 34.7. The minimum absolute atomic E-state index is 0.116. The van der Waals surface area contributed by atoms with Gasteiger partial charge in [0.25, 0.3) is 0 Å². The van der Waals surface area contributed by atoms with E-state index in [2.05, 4.69) is 442 Å². The molecule has 0 saturated carbocycles. The van der Waals surface area contributed by atoms with Crippen LogP contribution in [0.1, 0.15) is 74.9 Å². The second-order valence-electron chi connectivity index (χ2n) is 39.7. The lowest BCUT2D eigenvalue weighted by atomic mass is 9.82. The van der Waals surface area contributed by atoms with Gasteiger partial charge >= 0.3 is 0 Å². The predicted octanol–water partition coefficient (Wildman–Crippen LogP) is 36.8. The van der Waals surface area contributed by atoms with Crippen molar-refractivity contribution >= 4 is 149 Å². The van der Waals surface area contributed by atoms with Crippen LogP contribution in [-0.4, -0.2) is 44.9 Å². The third-order valence-electron chi connectivity index (χ3n) is 29.9. The van der Waals surface area contributed by atoms with E-state index in [9.17, 15) is 0 Å². The van der Waals surface area contributed by atoms with Crippen LogP contribution in [0.4, 0.5) is 0 Å².